The van der Waals surface area contributed by atoms with Crippen LogP contribution in [0, 0.1) is 5.92 Å². The number of nitrogens with zero attached hydrogens (tertiary/aromatic N) is 1. The van der Waals surface area contributed by atoms with E-state index >= 15 is 0 Å². The first kappa shape index (κ1) is 14.3. The Bertz CT molecular complexity index is 241. The van der Waals surface area contributed by atoms with Crippen LogP contribution in [0.4, 0.5) is 0 Å². The summed E-state index contributed by atoms with van der Waals surface area (Å²) in [5.74, 6) is 0.967. The molecular formula is C15H30N2O. The van der Waals surface area contributed by atoms with Gasteiger partial charge in [-0.15, -0.1) is 0 Å². The molecule has 1 aliphatic heterocycles. The quantitative estimate of drug-likeness (QED) is 0.754. The van der Waals surface area contributed by atoms with Gasteiger partial charge in [0.25, 0.3) is 0 Å². The lowest BCUT2D eigenvalue weighted by atomic mass is 9.85. The third-order valence-corrected chi connectivity index (χ3v) is 4.26. The monoisotopic (exact) mass is 254 g/mol. The highest BCUT2D eigenvalue weighted by atomic mass is 16.5. The SMILES string of the molecule is CC(C)NCC1CCC(CN(C)CC2CCC2)O1. The maximum absolute atomic E-state index is 6.11. The van der Waals surface area contributed by atoms with Gasteiger partial charge in [-0.3, -0.25) is 0 Å². The standard InChI is InChI=1S/C15H30N2O/c1-12(2)16-9-14-7-8-15(18-14)11-17(3)10-13-5-4-6-13/h12-16H,4-11H2,1-3H3. The van der Waals surface area contributed by atoms with Crippen molar-refractivity contribution >= 4 is 0 Å². The van der Waals surface area contributed by atoms with Gasteiger partial charge in [0.2, 0.25) is 0 Å². The first-order chi connectivity index (χ1) is 8.63. The highest BCUT2D eigenvalue weighted by Crippen LogP contribution is 2.27. The van der Waals surface area contributed by atoms with Crippen molar-refractivity contribution in [2.45, 2.75) is 64.2 Å². The zero-order valence-electron chi connectivity index (χ0n) is 12.3. The first-order valence-corrected chi connectivity index (χ1v) is 7.71. The van der Waals surface area contributed by atoms with Crippen LogP contribution in [-0.4, -0.2) is 49.8 Å². The van der Waals surface area contributed by atoms with Crippen molar-refractivity contribution < 1.29 is 4.74 Å². The molecule has 1 heterocycles. The Morgan fingerprint density at radius 1 is 1.11 bits per heavy atom. The fourth-order valence-corrected chi connectivity index (χ4v) is 2.97. The lowest BCUT2D eigenvalue weighted by molar-refractivity contribution is 0.0226. The molecule has 1 aliphatic carbocycles. The molecule has 0 aromatic heterocycles. The first-order valence-electron chi connectivity index (χ1n) is 7.71. The van der Waals surface area contributed by atoms with Crippen LogP contribution in [0.2, 0.25) is 0 Å². The average Bonchev–Trinajstić information content (AvgIpc) is 2.68. The number of likely N-dealkylation sites (N-methyl/N-ethyl adjacent to an activating group) is 1. The normalized spacial score (nSPS) is 29.2. The maximum atomic E-state index is 6.11. The zero-order valence-corrected chi connectivity index (χ0v) is 12.3. The highest BCUT2D eigenvalue weighted by Gasteiger charge is 2.27. The molecule has 0 bridgehead atoms. The van der Waals surface area contributed by atoms with Crippen LogP contribution < -0.4 is 5.32 Å². The van der Waals surface area contributed by atoms with Crippen LogP contribution in [0.5, 0.6) is 0 Å². The summed E-state index contributed by atoms with van der Waals surface area (Å²) in [6, 6.07) is 0.564. The van der Waals surface area contributed by atoms with E-state index in [1.54, 1.807) is 0 Å². The van der Waals surface area contributed by atoms with Crippen molar-refractivity contribution in [2.24, 2.45) is 5.92 Å². The molecule has 0 spiro atoms. The second-order valence-electron chi connectivity index (χ2n) is 6.54. The Hall–Kier alpha value is -0.120. The van der Waals surface area contributed by atoms with Gasteiger partial charge in [0, 0.05) is 25.7 Å². The minimum absolute atomic E-state index is 0.439. The predicted molar refractivity (Wildman–Crippen MR) is 75.9 cm³/mol. The third kappa shape index (κ3) is 4.52. The van der Waals surface area contributed by atoms with E-state index in [0.29, 0.717) is 18.2 Å². The van der Waals surface area contributed by atoms with Crippen molar-refractivity contribution in [1.82, 2.24) is 10.2 Å². The van der Waals surface area contributed by atoms with E-state index in [2.05, 4.69) is 31.1 Å². The van der Waals surface area contributed by atoms with Gasteiger partial charge in [-0.2, -0.15) is 0 Å². The lowest BCUT2D eigenvalue weighted by Crippen LogP contribution is -2.36. The molecule has 1 saturated heterocycles. The van der Waals surface area contributed by atoms with Gasteiger partial charge < -0.3 is 15.0 Å². The summed E-state index contributed by atoms with van der Waals surface area (Å²) in [6.45, 7) is 7.79. The topological polar surface area (TPSA) is 24.5 Å². The molecule has 0 radical (unpaired) electrons. The Labute approximate surface area is 112 Å². The van der Waals surface area contributed by atoms with Crippen LogP contribution in [0.25, 0.3) is 0 Å². The van der Waals surface area contributed by atoms with E-state index < -0.39 is 0 Å². The Morgan fingerprint density at radius 2 is 1.83 bits per heavy atom. The van der Waals surface area contributed by atoms with Gasteiger partial charge in [-0.25, -0.2) is 0 Å². The third-order valence-electron chi connectivity index (χ3n) is 4.26. The molecule has 2 atom stereocenters. The number of hydrogen-bond acceptors (Lipinski definition) is 3. The Kier molecular flexibility index (Phi) is 5.46. The van der Waals surface area contributed by atoms with Crippen molar-refractivity contribution in [3.8, 4) is 0 Å². The molecule has 2 aliphatic rings. The van der Waals surface area contributed by atoms with Gasteiger partial charge in [0.1, 0.15) is 0 Å². The van der Waals surface area contributed by atoms with E-state index in [9.17, 15) is 0 Å². The van der Waals surface area contributed by atoms with Crippen LogP contribution in [0.1, 0.15) is 46.0 Å². The molecule has 3 heteroatoms. The van der Waals surface area contributed by atoms with Crippen LogP contribution >= 0.6 is 0 Å². The smallest absolute Gasteiger partial charge is 0.0707 e. The molecule has 0 aromatic carbocycles. The van der Waals surface area contributed by atoms with E-state index in [-0.39, 0.29) is 0 Å². The summed E-state index contributed by atoms with van der Waals surface area (Å²) in [4.78, 5) is 2.48. The fraction of sp³-hybridized carbons (Fsp3) is 1.00. The molecule has 1 N–H and O–H groups in total. The highest BCUT2D eigenvalue weighted by molar-refractivity contribution is 4.79. The van der Waals surface area contributed by atoms with Gasteiger partial charge in [-0.05, 0) is 38.6 Å². The summed E-state index contributed by atoms with van der Waals surface area (Å²) >= 11 is 0. The van der Waals surface area contributed by atoms with Crippen molar-refractivity contribution in [2.75, 3.05) is 26.7 Å². The number of rotatable bonds is 7. The molecule has 2 unspecified atom stereocenters. The van der Waals surface area contributed by atoms with Crippen LogP contribution in [0.3, 0.4) is 0 Å². The van der Waals surface area contributed by atoms with Gasteiger partial charge in [0.15, 0.2) is 0 Å². The van der Waals surface area contributed by atoms with E-state index in [4.69, 9.17) is 4.74 Å². The van der Waals surface area contributed by atoms with Gasteiger partial charge in [0.05, 0.1) is 12.2 Å². The maximum Gasteiger partial charge on any atom is 0.0707 e. The number of nitrogens with one attached hydrogen (secondary N) is 1. The lowest BCUT2D eigenvalue weighted by Gasteiger charge is -2.31. The molecule has 0 amide bonds. The largest absolute Gasteiger partial charge is 0.372 e. The predicted octanol–water partition coefficient (Wildman–Crippen LogP) is 2.26. The van der Waals surface area contributed by atoms with Crippen molar-refractivity contribution in [1.29, 1.82) is 0 Å². The molecule has 3 nitrogen and oxygen atoms in total. The summed E-state index contributed by atoms with van der Waals surface area (Å²) in [7, 11) is 2.25. The molecule has 2 rings (SSSR count). The van der Waals surface area contributed by atoms with Crippen molar-refractivity contribution in [3.63, 3.8) is 0 Å². The minimum atomic E-state index is 0.439. The van der Waals surface area contributed by atoms with E-state index in [1.807, 2.05) is 0 Å². The van der Waals surface area contributed by atoms with E-state index in [0.717, 1.165) is 19.0 Å². The van der Waals surface area contributed by atoms with Gasteiger partial charge >= 0.3 is 0 Å². The fourth-order valence-electron chi connectivity index (χ4n) is 2.97. The second kappa shape index (κ2) is 6.88. The second-order valence-corrected chi connectivity index (χ2v) is 6.54. The molecule has 2 fully saturated rings. The molecule has 1 saturated carbocycles. The van der Waals surface area contributed by atoms with Crippen LogP contribution in [-0.2, 0) is 4.74 Å². The molecule has 0 aromatic rings. The molecular weight excluding hydrogens is 224 g/mol. The molecule has 18 heavy (non-hydrogen) atoms. The Morgan fingerprint density at radius 3 is 2.44 bits per heavy atom. The number of ether oxygens (including phenoxy) is 1. The summed E-state index contributed by atoms with van der Waals surface area (Å²) in [5.41, 5.74) is 0. The average molecular weight is 254 g/mol. The van der Waals surface area contributed by atoms with Crippen molar-refractivity contribution in [3.05, 3.63) is 0 Å². The summed E-state index contributed by atoms with van der Waals surface area (Å²) < 4.78 is 6.11. The van der Waals surface area contributed by atoms with Gasteiger partial charge in [-0.1, -0.05) is 20.3 Å². The minimum Gasteiger partial charge on any atom is -0.372 e. The van der Waals surface area contributed by atoms with E-state index in [1.165, 1.54) is 38.6 Å². The number of hydrogen-bond donors (Lipinski definition) is 1. The molecule has 106 valence electrons. The summed E-state index contributed by atoms with van der Waals surface area (Å²) in [6.07, 6.45) is 7.69. The summed E-state index contributed by atoms with van der Waals surface area (Å²) in [5, 5.41) is 3.47. The van der Waals surface area contributed by atoms with Crippen LogP contribution in [0.15, 0.2) is 0 Å². The Balaban J connectivity index is 1.59. The zero-order chi connectivity index (χ0) is 13.0.